The van der Waals surface area contributed by atoms with Gasteiger partial charge in [-0.2, -0.15) is 0 Å². The van der Waals surface area contributed by atoms with E-state index in [4.69, 9.17) is 34.9 Å². The van der Waals surface area contributed by atoms with Crippen LogP contribution in [0, 0.1) is 0 Å². The maximum atomic E-state index is 12.1. The van der Waals surface area contributed by atoms with Crippen molar-refractivity contribution in [1.29, 1.82) is 0 Å². The van der Waals surface area contributed by atoms with Gasteiger partial charge in [-0.05, 0) is 33.2 Å². The number of ether oxygens (including phenoxy) is 4. The van der Waals surface area contributed by atoms with Crippen molar-refractivity contribution in [3.05, 3.63) is 0 Å². The van der Waals surface area contributed by atoms with E-state index in [9.17, 15) is 39.3 Å². The Labute approximate surface area is 284 Å². The number of likely N-dealkylation sites (N-methyl/N-ethyl adjacent to an activating group) is 2. The summed E-state index contributed by atoms with van der Waals surface area (Å²) in [5.41, 5.74) is 5.03. The molecule has 2 saturated heterocycles. The van der Waals surface area contributed by atoms with Crippen molar-refractivity contribution in [1.82, 2.24) is 20.9 Å². The quantitative estimate of drug-likeness (QED) is 0.0967. The van der Waals surface area contributed by atoms with Gasteiger partial charge < -0.3 is 71.1 Å². The van der Waals surface area contributed by atoms with E-state index in [-0.39, 0.29) is 43.6 Å². The van der Waals surface area contributed by atoms with Crippen molar-refractivity contribution in [2.45, 2.75) is 133 Å². The molecule has 3 aliphatic rings. The molecular formula is C30H53N5O14. The van der Waals surface area contributed by atoms with Crippen molar-refractivity contribution in [3.63, 3.8) is 0 Å². The van der Waals surface area contributed by atoms with E-state index in [0.29, 0.717) is 19.4 Å². The summed E-state index contributed by atoms with van der Waals surface area (Å²) in [7, 11) is 3.24. The second-order valence-electron chi connectivity index (χ2n) is 12.9. The fourth-order valence-corrected chi connectivity index (χ4v) is 6.04. The monoisotopic (exact) mass is 707 g/mol. The first-order valence-electron chi connectivity index (χ1n) is 16.1. The summed E-state index contributed by atoms with van der Waals surface area (Å²) in [4.78, 5) is 56.6. The van der Waals surface area contributed by atoms with E-state index in [1.807, 2.05) is 0 Å². The molecule has 12 atom stereocenters. The minimum absolute atomic E-state index is 0.133. The molecule has 2 aliphatic heterocycles. The van der Waals surface area contributed by atoms with Crippen LogP contribution < -0.4 is 21.7 Å². The fourth-order valence-electron chi connectivity index (χ4n) is 6.04. The Morgan fingerprint density at radius 2 is 1.45 bits per heavy atom. The molecule has 1 aliphatic carbocycles. The number of carbonyl (C=O) groups excluding carboxylic acids is 3. The summed E-state index contributed by atoms with van der Waals surface area (Å²) in [6.07, 6.45) is -6.93. The molecule has 282 valence electrons. The largest absolute Gasteiger partial charge is 0.481 e. The van der Waals surface area contributed by atoms with E-state index >= 15 is 0 Å². The van der Waals surface area contributed by atoms with Gasteiger partial charge in [0.05, 0.1) is 43.7 Å². The number of nitrogens with one attached hydrogen (secondary N) is 3. The Morgan fingerprint density at radius 1 is 0.898 bits per heavy atom. The van der Waals surface area contributed by atoms with Crippen molar-refractivity contribution in [3.8, 4) is 0 Å². The number of carboxylic acids is 2. The summed E-state index contributed by atoms with van der Waals surface area (Å²) in [6.45, 7) is 5.83. The van der Waals surface area contributed by atoms with Gasteiger partial charge in [0.2, 0.25) is 17.7 Å². The van der Waals surface area contributed by atoms with Crippen LogP contribution in [0.25, 0.3) is 0 Å². The van der Waals surface area contributed by atoms with E-state index in [1.54, 1.807) is 14.1 Å². The van der Waals surface area contributed by atoms with E-state index in [2.05, 4.69) is 16.0 Å². The van der Waals surface area contributed by atoms with Gasteiger partial charge in [-0.1, -0.05) is 0 Å². The molecule has 49 heavy (non-hydrogen) atoms. The van der Waals surface area contributed by atoms with Crippen LogP contribution in [0.2, 0.25) is 0 Å². The summed E-state index contributed by atoms with van der Waals surface area (Å²) in [6, 6.07) is -2.87. The summed E-state index contributed by atoms with van der Waals surface area (Å²) < 4.78 is 24.1. The highest BCUT2D eigenvalue weighted by molar-refractivity contribution is 5.75. The molecule has 10 N–H and O–H groups in total. The number of aliphatic carboxylic acids is 2. The van der Waals surface area contributed by atoms with Crippen molar-refractivity contribution in [2.24, 2.45) is 5.73 Å². The molecule has 0 aromatic carbocycles. The topological polar surface area (TPSA) is 289 Å². The second kappa shape index (κ2) is 18.8. The predicted molar refractivity (Wildman–Crippen MR) is 168 cm³/mol. The summed E-state index contributed by atoms with van der Waals surface area (Å²) in [5.74, 6) is -2.95. The number of carbonyl (C=O) groups is 5. The zero-order chi connectivity index (χ0) is 37.2. The Morgan fingerprint density at radius 3 is 1.96 bits per heavy atom. The van der Waals surface area contributed by atoms with Gasteiger partial charge in [-0.15, -0.1) is 0 Å². The number of amides is 3. The third kappa shape index (κ3) is 12.7. The zero-order valence-corrected chi connectivity index (χ0v) is 28.7. The number of carboxylic acid groups (broad SMARTS) is 2. The number of aliphatic hydroxyl groups excluding tert-OH is 2. The molecule has 3 amide bonds. The number of hydrogen-bond donors (Lipinski definition) is 9. The number of hydrogen-bond acceptors (Lipinski definition) is 14. The molecule has 0 bridgehead atoms. The lowest BCUT2D eigenvalue weighted by molar-refractivity contribution is -0.308. The molecule has 0 unspecified atom stereocenters. The minimum Gasteiger partial charge on any atom is -0.481 e. The highest BCUT2D eigenvalue weighted by Crippen LogP contribution is 2.32. The molecule has 0 spiro atoms. The Hall–Kier alpha value is -3.01. The lowest BCUT2D eigenvalue weighted by Gasteiger charge is -2.49. The van der Waals surface area contributed by atoms with E-state index in [1.165, 1.54) is 32.6 Å². The minimum atomic E-state index is -1.41. The van der Waals surface area contributed by atoms with Crippen molar-refractivity contribution < 1.29 is 68.5 Å². The van der Waals surface area contributed by atoms with Gasteiger partial charge >= 0.3 is 11.9 Å². The number of nitrogens with zero attached hydrogens (tertiary/aromatic N) is 1. The summed E-state index contributed by atoms with van der Waals surface area (Å²) >= 11 is 0. The Balaban J connectivity index is 0.000000924. The summed E-state index contributed by atoms with van der Waals surface area (Å²) in [5, 5.41) is 57.2. The van der Waals surface area contributed by atoms with Crippen LogP contribution in [-0.2, 0) is 42.9 Å². The van der Waals surface area contributed by atoms with Gasteiger partial charge in [0.15, 0.2) is 12.6 Å². The molecule has 19 nitrogen and oxygen atoms in total. The van der Waals surface area contributed by atoms with Crippen LogP contribution in [0.4, 0.5) is 0 Å². The normalized spacial score (nSPS) is 36.0. The number of nitrogens with two attached hydrogens (primary N) is 1. The van der Waals surface area contributed by atoms with Crippen molar-refractivity contribution >= 4 is 29.7 Å². The maximum Gasteiger partial charge on any atom is 0.303 e. The van der Waals surface area contributed by atoms with Gasteiger partial charge in [0.25, 0.3) is 0 Å². The van der Waals surface area contributed by atoms with Gasteiger partial charge in [0, 0.05) is 40.4 Å². The number of aliphatic hydroxyl groups is 3. The fraction of sp³-hybridized carbons (Fsp3) is 0.833. The molecule has 19 heteroatoms. The van der Waals surface area contributed by atoms with Gasteiger partial charge in [-0.25, -0.2) is 0 Å². The third-order valence-corrected chi connectivity index (χ3v) is 8.54. The average molecular weight is 708 g/mol. The van der Waals surface area contributed by atoms with Gasteiger partial charge in [-0.3, -0.25) is 24.0 Å². The molecule has 3 rings (SSSR count). The first-order valence-corrected chi connectivity index (χ1v) is 16.1. The van der Waals surface area contributed by atoms with Crippen LogP contribution in [0.5, 0.6) is 0 Å². The zero-order valence-electron chi connectivity index (χ0n) is 28.7. The molecule has 1 saturated carbocycles. The second-order valence-corrected chi connectivity index (χ2v) is 12.9. The highest BCUT2D eigenvalue weighted by atomic mass is 16.7. The first kappa shape index (κ1) is 42.2. The van der Waals surface area contributed by atoms with E-state index in [0.717, 1.165) is 0 Å². The lowest BCUT2D eigenvalue weighted by Crippen LogP contribution is -2.69. The highest BCUT2D eigenvalue weighted by Gasteiger charge is 2.51. The SMILES string of the molecule is CN[C@@H]1[C@@H](O)[C@@H](O[C@@H]2[C@@H](O)[C@H](O[C@H]3O[C@H](CN(C)C(C)=O)CC[C@H]3NC(C)=O)[C@@H](NC(C)=O)C[C@H]2N)OC[C@]1(C)O.O=C(O)CCC(=O)O. The Kier molecular flexibility index (Phi) is 16.2. The average Bonchev–Trinajstić information content (AvgIpc) is 2.98. The van der Waals surface area contributed by atoms with Crippen LogP contribution >= 0.6 is 0 Å². The van der Waals surface area contributed by atoms with E-state index < -0.39 is 84.8 Å². The number of rotatable bonds is 12. The van der Waals surface area contributed by atoms with Crippen molar-refractivity contribution in [2.75, 3.05) is 27.2 Å². The molecule has 0 radical (unpaired) electrons. The maximum absolute atomic E-state index is 12.1. The van der Waals surface area contributed by atoms with Gasteiger partial charge in [0.1, 0.15) is 30.0 Å². The van der Waals surface area contributed by atoms with Crippen LogP contribution in [0.1, 0.15) is 59.8 Å². The molecular weight excluding hydrogens is 654 g/mol. The molecule has 2 heterocycles. The standard InChI is InChI=1S/C26H47N5O10.C4H6O4/c1-12(32)29-17-8-7-15(10-31(6)14(3)34)39-24(17)41-22-18(30-13(2)33)9-16(27)21(19(22)35)40-25-20(36)23(28-5)26(4,37)11-38-25;5-3(6)1-2-4(7)8/h15-25,28,35-37H,7-11,27H2,1-6H3,(H,29,32)(H,30,33);1-2H2,(H,5,6)(H,7,8)/t15-,16+,17+,18-,19+,20+,21-,22+,23+,24+,25+,26-;/m0./s1. The lowest BCUT2D eigenvalue weighted by atomic mass is 9.83. The Bertz CT molecular complexity index is 1130. The third-order valence-electron chi connectivity index (χ3n) is 8.54. The molecule has 3 fully saturated rings. The first-order chi connectivity index (χ1) is 22.8. The molecule has 0 aromatic heterocycles. The predicted octanol–water partition coefficient (Wildman–Crippen LogP) is -3.17. The molecule has 0 aromatic rings. The van der Waals surface area contributed by atoms with Crippen LogP contribution in [-0.4, -0.2) is 160 Å². The van der Waals surface area contributed by atoms with Crippen LogP contribution in [0.15, 0.2) is 0 Å². The smallest absolute Gasteiger partial charge is 0.303 e. The van der Waals surface area contributed by atoms with Crippen LogP contribution in [0.3, 0.4) is 0 Å².